The van der Waals surface area contributed by atoms with Gasteiger partial charge in [0.2, 0.25) is 21.8 Å². The number of carbonyl (C=O) groups is 2. The van der Waals surface area contributed by atoms with Gasteiger partial charge < -0.3 is 10.2 Å². The number of carbonyl (C=O) groups excluding carboxylic acids is 2. The van der Waals surface area contributed by atoms with E-state index < -0.39 is 28.5 Å². The predicted octanol–water partition coefficient (Wildman–Crippen LogP) is 3.31. The zero-order valence-electron chi connectivity index (χ0n) is 17.5. The van der Waals surface area contributed by atoms with Crippen molar-refractivity contribution in [3.05, 3.63) is 64.1 Å². The zero-order valence-corrected chi connectivity index (χ0v) is 19.8. The highest BCUT2D eigenvalue weighted by Gasteiger charge is 2.30. The van der Waals surface area contributed by atoms with Gasteiger partial charge in [0.15, 0.2) is 0 Å². The van der Waals surface area contributed by atoms with Crippen LogP contribution >= 0.6 is 23.2 Å². The van der Waals surface area contributed by atoms with Crippen LogP contribution in [0.3, 0.4) is 0 Å². The Morgan fingerprint density at radius 2 is 1.74 bits per heavy atom. The number of para-hydroxylation sites is 1. The van der Waals surface area contributed by atoms with E-state index in [4.69, 9.17) is 23.2 Å². The molecule has 2 aromatic carbocycles. The van der Waals surface area contributed by atoms with Crippen LogP contribution in [0.1, 0.15) is 19.4 Å². The number of sulfonamides is 1. The molecule has 168 valence electrons. The number of benzene rings is 2. The number of hydrogen-bond acceptors (Lipinski definition) is 4. The standard InChI is InChI=1S/C21H25Cl2N3O4S/c1-4-24-21(28)15(2)25(13-16-10-11-17(22)12-19(16)23)20(27)14-26(31(3,29)30)18-8-6-5-7-9-18/h5-12,15H,4,13-14H2,1-3H3,(H,24,28)/t15-/m1/s1. The smallest absolute Gasteiger partial charge is 0.244 e. The summed E-state index contributed by atoms with van der Waals surface area (Å²) < 4.78 is 25.8. The molecule has 0 fully saturated rings. The van der Waals surface area contributed by atoms with Crippen molar-refractivity contribution < 1.29 is 18.0 Å². The summed E-state index contributed by atoms with van der Waals surface area (Å²) in [5.74, 6) is -0.898. The molecule has 1 N–H and O–H groups in total. The zero-order chi connectivity index (χ0) is 23.2. The molecule has 10 heteroatoms. The van der Waals surface area contributed by atoms with E-state index in [2.05, 4.69) is 5.32 Å². The van der Waals surface area contributed by atoms with E-state index in [1.165, 1.54) is 4.90 Å². The van der Waals surface area contributed by atoms with Crippen LogP contribution in [0.5, 0.6) is 0 Å². The molecule has 2 rings (SSSR count). The van der Waals surface area contributed by atoms with Crippen LogP contribution in [0.2, 0.25) is 10.0 Å². The molecule has 31 heavy (non-hydrogen) atoms. The maximum Gasteiger partial charge on any atom is 0.244 e. The molecule has 0 saturated carbocycles. The summed E-state index contributed by atoms with van der Waals surface area (Å²) in [6, 6.07) is 12.3. The van der Waals surface area contributed by atoms with Crippen molar-refractivity contribution in [2.45, 2.75) is 26.4 Å². The Bertz CT molecular complexity index is 1030. The van der Waals surface area contributed by atoms with Gasteiger partial charge in [0, 0.05) is 23.1 Å². The minimum atomic E-state index is -3.75. The molecular weight excluding hydrogens is 461 g/mol. The largest absolute Gasteiger partial charge is 0.355 e. The molecule has 0 spiro atoms. The van der Waals surface area contributed by atoms with Crippen LogP contribution in [0.25, 0.3) is 0 Å². The summed E-state index contributed by atoms with van der Waals surface area (Å²) in [4.78, 5) is 27.1. The average molecular weight is 486 g/mol. The predicted molar refractivity (Wildman–Crippen MR) is 124 cm³/mol. The van der Waals surface area contributed by atoms with Gasteiger partial charge >= 0.3 is 0 Å². The minimum absolute atomic E-state index is 0.0134. The van der Waals surface area contributed by atoms with E-state index in [9.17, 15) is 18.0 Å². The van der Waals surface area contributed by atoms with Crippen LogP contribution in [-0.4, -0.2) is 50.5 Å². The summed E-state index contributed by atoms with van der Waals surface area (Å²) in [6.07, 6.45) is 1.03. The van der Waals surface area contributed by atoms with Gasteiger partial charge in [-0.15, -0.1) is 0 Å². The van der Waals surface area contributed by atoms with Crippen molar-refractivity contribution in [3.63, 3.8) is 0 Å². The van der Waals surface area contributed by atoms with Gasteiger partial charge in [-0.25, -0.2) is 8.42 Å². The second-order valence-electron chi connectivity index (χ2n) is 6.93. The van der Waals surface area contributed by atoms with Gasteiger partial charge in [-0.2, -0.15) is 0 Å². The molecule has 0 aromatic heterocycles. The van der Waals surface area contributed by atoms with Crippen LogP contribution in [0.4, 0.5) is 5.69 Å². The van der Waals surface area contributed by atoms with Gasteiger partial charge in [-0.3, -0.25) is 13.9 Å². The van der Waals surface area contributed by atoms with Crippen molar-refractivity contribution in [2.24, 2.45) is 0 Å². The topological polar surface area (TPSA) is 86.8 Å². The summed E-state index contributed by atoms with van der Waals surface area (Å²) in [7, 11) is -3.75. The normalized spacial score (nSPS) is 12.2. The number of hydrogen-bond donors (Lipinski definition) is 1. The van der Waals surface area contributed by atoms with Crippen molar-refractivity contribution in [1.82, 2.24) is 10.2 Å². The highest BCUT2D eigenvalue weighted by molar-refractivity contribution is 7.92. The molecule has 1 atom stereocenters. The summed E-state index contributed by atoms with van der Waals surface area (Å²) in [5.41, 5.74) is 0.940. The lowest BCUT2D eigenvalue weighted by Gasteiger charge is -2.31. The molecule has 7 nitrogen and oxygen atoms in total. The third-order valence-electron chi connectivity index (χ3n) is 4.60. The molecule has 2 aromatic rings. The Hall–Kier alpha value is -2.29. The van der Waals surface area contributed by atoms with E-state index >= 15 is 0 Å². The first-order chi connectivity index (χ1) is 14.5. The number of anilines is 1. The molecule has 0 aliphatic rings. The lowest BCUT2D eigenvalue weighted by Crippen LogP contribution is -2.51. The molecule has 0 saturated heterocycles. The number of nitrogens with zero attached hydrogens (tertiary/aromatic N) is 2. The molecular formula is C21H25Cl2N3O4S. The third-order valence-corrected chi connectivity index (χ3v) is 6.33. The molecule has 0 aliphatic heterocycles. The summed E-state index contributed by atoms with van der Waals surface area (Å²) in [5, 5.41) is 3.47. The van der Waals surface area contributed by atoms with Gasteiger partial charge in [0.25, 0.3) is 0 Å². The Balaban J connectivity index is 2.39. The van der Waals surface area contributed by atoms with Crippen molar-refractivity contribution in [2.75, 3.05) is 23.7 Å². The van der Waals surface area contributed by atoms with Gasteiger partial charge in [0.05, 0.1) is 11.9 Å². The highest BCUT2D eigenvalue weighted by Crippen LogP contribution is 2.24. The molecule has 0 radical (unpaired) electrons. The quantitative estimate of drug-likeness (QED) is 0.589. The van der Waals surface area contributed by atoms with E-state index in [0.717, 1.165) is 10.6 Å². The van der Waals surface area contributed by atoms with Crippen LogP contribution < -0.4 is 9.62 Å². The third kappa shape index (κ3) is 6.85. The van der Waals surface area contributed by atoms with Crippen molar-refractivity contribution in [3.8, 4) is 0 Å². The average Bonchev–Trinajstić information content (AvgIpc) is 2.70. The van der Waals surface area contributed by atoms with E-state index in [0.29, 0.717) is 27.8 Å². The lowest BCUT2D eigenvalue weighted by atomic mass is 10.1. The van der Waals surface area contributed by atoms with Gasteiger partial charge in [0.1, 0.15) is 12.6 Å². The van der Waals surface area contributed by atoms with E-state index in [1.807, 2.05) is 0 Å². The van der Waals surface area contributed by atoms with E-state index in [1.54, 1.807) is 62.4 Å². The van der Waals surface area contributed by atoms with Crippen molar-refractivity contribution in [1.29, 1.82) is 0 Å². The minimum Gasteiger partial charge on any atom is -0.355 e. The molecule has 0 bridgehead atoms. The second kappa shape index (κ2) is 10.8. The first kappa shape index (κ1) is 25.0. The molecule has 0 heterocycles. The monoisotopic (exact) mass is 485 g/mol. The maximum atomic E-state index is 13.3. The Morgan fingerprint density at radius 3 is 2.29 bits per heavy atom. The summed E-state index contributed by atoms with van der Waals surface area (Å²) in [6.45, 7) is 3.30. The first-order valence-electron chi connectivity index (χ1n) is 9.58. The molecule has 0 unspecified atom stereocenters. The molecule has 2 amide bonds. The van der Waals surface area contributed by atoms with Gasteiger partial charge in [-0.05, 0) is 43.7 Å². The van der Waals surface area contributed by atoms with Crippen LogP contribution in [0, 0.1) is 0 Å². The lowest BCUT2D eigenvalue weighted by molar-refractivity contribution is -0.139. The Labute approximate surface area is 193 Å². The van der Waals surface area contributed by atoms with Gasteiger partial charge in [-0.1, -0.05) is 47.5 Å². The fraction of sp³-hybridized carbons (Fsp3) is 0.333. The van der Waals surface area contributed by atoms with E-state index in [-0.39, 0.29) is 12.5 Å². The SMILES string of the molecule is CCNC(=O)[C@@H](C)N(Cc1ccc(Cl)cc1Cl)C(=O)CN(c1ccccc1)S(C)(=O)=O. The Kier molecular flexibility index (Phi) is 8.73. The van der Waals surface area contributed by atoms with Crippen molar-refractivity contribution >= 4 is 50.7 Å². The number of amides is 2. The first-order valence-corrected chi connectivity index (χ1v) is 12.2. The highest BCUT2D eigenvalue weighted by atomic mass is 35.5. The molecule has 0 aliphatic carbocycles. The number of halogens is 2. The number of likely N-dealkylation sites (N-methyl/N-ethyl adjacent to an activating group) is 1. The van der Waals surface area contributed by atoms with Crippen LogP contribution in [0.15, 0.2) is 48.5 Å². The summed E-state index contributed by atoms with van der Waals surface area (Å²) >= 11 is 12.2. The maximum absolute atomic E-state index is 13.3. The van der Waals surface area contributed by atoms with Crippen LogP contribution in [-0.2, 0) is 26.2 Å². The second-order valence-corrected chi connectivity index (χ2v) is 9.68. The fourth-order valence-corrected chi connectivity index (χ4v) is 4.26. The number of rotatable bonds is 9. The number of nitrogens with one attached hydrogen (secondary N) is 1. The fourth-order valence-electron chi connectivity index (χ4n) is 2.95. The Morgan fingerprint density at radius 1 is 1.10 bits per heavy atom.